The van der Waals surface area contributed by atoms with E-state index in [1.807, 2.05) is 6.92 Å². The van der Waals surface area contributed by atoms with Crippen molar-refractivity contribution in [1.29, 1.82) is 0 Å². The highest BCUT2D eigenvalue weighted by molar-refractivity contribution is 7.92. The van der Waals surface area contributed by atoms with Crippen LogP contribution in [0.15, 0.2) is 83.8 Å². The van der Waals surface area contributed by atoms with E-state index in [0.29, 0.717) is 16.8 Å². The van der Waals surface area contributed by atoms with Crippen LogP contribution in [0.25, 0.3) is 6.08 Å². The number of allylic oxidation sites excluding steroid dienone is 1. The number of rotatable bonds is 7. The first-order chi connectivity index (χ1) is 14.3. The Morgan fingerprint density at radius 1 is 0.967 bits per heavy atom. The van der Waals surface area contributed by atoms with Crippen molar-refractivity contribution in [3.8, 4) is 0 Å². The molecule has 152 valence electrons. The Balaban J connectivity index is 1.73. The summed E-state index contributed by atoms with van der Waals surface area (Å²) >= 11 is 0. The van der Waals surface area contributed by atoms with Gasteiger partial charge < -0.3 is 0 Å². The first-order valence-electron chi connectivity index (χ1n) is 8.92. The fraction of sp³-hybridized carbons (Fsp3) is 0.0455. The predicted octanol–water partition coefficient (Wildman–Crippen LogP) is 4.60. The summed E-state index contributed by atoms with van der Waals surface area (Å²) in [6.45, 7) is 1.87. The van der Waals surface area contributed by atoms with E-state index in [1.165, 1.54) is 54.6 Å². The van der Waals surface area contributed by atoms with Crippen molar-refractivity contribution in [3.05, 3.63) is 106 Å². The van der Waals surface area contributed by atoms with Gasteiger partial charge in [-0.2, -0.15) is 0 Å². The van der Waals surface area contributed by atoms with E-state index < -0.39 is 14.9 Å². The second-order valence-corrected chi connectivity index (χ2v) is 8.19. The van der Waals surface area contributed by atoms with Crippen molar-refractivity contribution in [2.45, 2.75) is 11.8 Å². The minimum absolute atomic E-state index is 0.0950. The van der Waals surface area contributed by atoms with E-state index in [9.17, 15) is 23.3 Å². The summed E-state index contributed by atoms with van der Waals surface area (Å²) in [4.78, 5) is 23.0. The summed E-state index contributed by atoms with van der Waals surface area (Å²) in [5.41, 5.74) is 1.81. The largest absolute Gasteiger partial charge is 0.289 e. The van der Waals surface area contributed by atoms with Gasteiger partial charge in [0.05, 0.1) is 15.4 Å². The molecule has 3 aromatic carbocycles. The van der Waals surface area contributed by atoms with E-state index in [-0.39, 0.29) is 16.4 Å². The number of aryl methyl sites for hydroxylation is 1. The van der Waals surface area contributed by atoms with Gasteiger partial charge in [0.2, 0.25) is 0 Å². The molecule has 0 aliphatic heterocycles. The number of para-hydroxylation sites is 1. The van der Waals surface area contributed by atoms with Crippen molar-refractivity contribution in [2.24, 2.45) is 0 Å². The van der Waals surface area contributed by atoms with Crippen molar-refractivity contribution in [3.63, 3.8) is 0 Å². The molecule has 0 fully saturated rings. The molecular weight excluding hydrogens is 404 g/mol. The number of carbonyl (C=O) groups is 1. The van der Waals surface area contributed by atoms with E-state index in [1.54, 1.807) is 30.3 Å². The molecule has 3 rings (SSSR count). The molecule has 0 radical (unpaired) electrons. The molecule has 0 amide bonds. The van der Waals surface area contributed by atoms with Gasteiger partial charge in [-0.15, -0.1) is 0 Å². The average Bonchev–Trinajstić information content (AvgIpc) is 2.72. The zero-order valence-corrected chi connectivity index (χ0v) is 16.8. The van der Waals surface area contributed by atoms with Crippen LogP contribution in [-0.2, 0) is 10.0 Å². The van der Waals surface area contributed by atoms with Gasteiger partial charge in [0, 0.05) is 17.3 Å². The molecule has 7 nitrogen and oxygen atoms in total. The van der Waals surface area contributed by atoms with Gasteiger partial charge in [0.25, 0.3) is 15.7 Å². The first-order valence-corrected chi connectivity index (χ1v) is 10.4. The molecule has 30 heavy (non-hydrogen) atoms. The maximum atomic E-state index is 12.4. The molecule has 8 heteroatoms. The highest BCUT2D eigenvalue weighted by Crippen LogP contribution is 2.20. The van der Waals surface area contributed by atoms with Gasteiger partial charge in [-0.3, -0.25) is 19.6 Å². The third-order valence-electron chi connectivity index (χ3n) is 4.30. The number of benzene rings is 3. The number of nitro benzene ring substituents is 1. The van der Waals surface area contributed by atoms with Crippen molar-refractivity contribution >= 4 is 33.3 Å². The van der Waals surface area contributed by atoms with Gasteiger partial charge >= 0.3 is 0 Å². The highest BCUT2D eigenvalue weighted by atomic mass is 32.2. The van der Waals surface area contributed by atoms with Crippen LogP contribution < -0.4 is 4.72 Å². The lowest BCUT2D eigenvalue weighted by Gasteiger charge is -2.08. The Hall–Kier alpha value is -3.78. The van der Waals surface area contributed by atoms with Crippen LogP contribution in [0.3, 0.4) is 0 Å². The maximum Gasteiger partial charge on any atom is 0.276 e. The van der Waals surface area contributed by atoms with Gasteiger partial charge in [-0.05, 0) is 61.5 Å². The van der Waals surface area contributed by atoms with Crippen LogP contribution in [-0.4, -0.2) is 19.1 Å². The summed E-state index contributed by atoms with van der Waals surface area (Å²) in [7, 11) is -3.74. The zero-order chi connectivity index (χ0) is 21.7. The highest BCUT2D eigenvalue weighted by Gasteiger charge is 2.14. The number of anilines is 1. The standard InChI is InChI=1S/C22H18N2O5S/c1-16-6-13-20(14-7-16)30(28,29)23-19-11-8-18(9-12-19)22(25)15-10-17-4-2-3-5-21(17)24(26)27/h2-15,23H,1H3. The normalized spacial score (nSPS) is 11.4. The Morgan fingerprint density at radius 3 is 2.23 bits per heavy atom. The Morgan fingerprint density at radius 2 is 1.60 bits per heavy atom. The molecule has 3 aromatic rings. The third kappa shape index (κ3) is 4.98. The van der Waals surface area contributed by atoms with Crippen LogP contribution in [0.5, 0.6) is 0 Å². The quantitative estimate of drug-likeness (QED) is 0.259. The SMILES string of the molecule is Cc1ccc(S(=O)(=O)Nc2ccc(C(=O)C=Cc3ccccc3[N+](=O)[O-])cc2)cc1. The number of nitrogens with zero attached hydrogens (tertiary/aromatic N) is 1. The van der Waals surface area contributed by atoms with Crippen LogP contribution >= 0.6 is 0 Å². The average molecular weight is 422 g/mol. The molecule has 0 aliphatic carbocycles. The molecule has 0 saturated heterocycles. The zero-order valence-electron chi connectivity index (χ0n) is 16.0. The predicted molar refractivity (Wildman–Crippen MR) is 115 cm³/mol. The van der Waals surface area contributed by atoms with E-state index in [4.69, 9.17) is 0 Å². The van der Waals surface area contributed by atoms with Gasteiger partial charge in [0.1, 0.15) is 0 Å². The van der Waals surface area contributed by atoms with E-state index in [0.717, 1.165) is 5.56 Å². The van der Waals surface area contributed by atoms with Gasteiger partial charge in [-0.25, -0.2) is 8.42 Å². The molecule has 0 aliphatic rings. The summed E-state index contributed by atoms with van der Waals surface area (Å²) in [6.07, 6.45) is 2.63. The monoisotopic (exact) mass is 422 g/mol. The fourth-order valence-corrected chi connectivity index (χ4v) is 3.75. The van der Waals surface area contributed by atoms with Gasteiger partial charge in [0.15, 0.2) is 5.78 Å². The fourth-order valence-electron chi connectivity index (χ4n) is 2.69. The van der Waals surface area contributed by atoms with Crippen molar-refractivity contribution in [2.75, 3.05) is 4.72 Å². The maximum absolute atomic E-state index is 12.4. The number of nitro groups is 1. The second-order valence-electron chi connectivity index (χ2n) is 6.51. The Kier molecular flexibility index (Phi) is 6.08. The number of hydrogen-bond acceptors (Lipinski definition) is 5. The van der Waals surface area contributed by atoms with Crippen molar-refractivity contribution < 1.29 is 18.1 Å². The smallest absolute Gasteiger partial charge is 0.276 e. The molecule has 0 aromatic heterocycles. The summed E-state index contributed by atoms with van der Waals surface area (Å²) in [5, 5.41) is 11.0. The van der Waals surface area contributed by atoms with Crippen LogP contribution in [0.2, 0.25) is 0 Å². The molecule has 0 spiro atoms. The number of nitrogens with one attached hydrogen (secondary N) is 1. The Labute approximate surface area is 173 Å². The number of ketones is 1. The second kappa shape index (κ2) is 8.71. The first kappa shape index (κ1) is 20.9. The summed E-state index contributed by atoms with van der Waals surface area (Å²) in [6, 6.07) is 18.5. The number of carbonyl (C=O) groups excluding carboxylic acids is 1. The summed E-state index contributed by atoms with van der Waals surface area (Å²) in [5.74, 6) is -0.360. The molecule has 0 unspecified atom stereocenters. The minimum Gasteiger partial charge on any atom is -0.289 e. The lowest BCUT2D eigenvalue weighted by Crippen LogP contribution is -2.13. The van der Waals surface area contributed by atoms with Crippen molar-refractivity contribution in [1.82, 2.24) is 0 Å². The molecule has 0 saturated carbocycles. The van der Waals surface area contributed by atoms with Crippen LogP contribution in [0.1, 0.15) is 21.5 Å². The van der Waals surface area contributed by atoms with Crippen LogP contribution in [0.4, 0.5) is 11.4 Å². The molecule has 0 atom stereocenters. The molecule has 1 N–H and O–H groups in total. The molecular formula is C22H18N2O5S. The van der Waals surface area contributed by atoms with Crippen LogP contribution in [0, 0.1) is 17.0 Å². The van der Waals surface area contributed by atoms with E-state index in [2.05, 4.69) is 4.72 Å². The molecule has 0 heterocycles. The topological polar surface area (TPSA) is 106 Å². The minimum atomic E-state index is -3.74. The van der Waals surface area contributed by atoms with Gasteiger partial charge in [-0.1, -0.05) is 29.8 Å². The lowest BCUT2D eigenvalue weighted by molar-refractivity contribution is -0.385. The third-order valence-corrected chi connectivity index (χ3v) is 5.70. The summed E-state index contributed by atoms with van der Waals surface area (Å²) < 4.78 is 27.3. The lowest BCUT2D eigenvalue weighted by atomic mass is 10.1. The molecule has 0 bridgehead atoms. The Bertz CT molecular complexity index is 1220. The van der Waals surface area contributed by atoms with E-state index >= 15 is 0 Å². The number of sulfonamides is 1. The number of hydrogen-bond donors (Lipinski definition) is 1.